The SMILES string of the molecule is C#CCC[C@@H](/C=C/S(=O)(=O)c1ccccc1)OCOCC. The van der Waals surface area contributed by atoms with Gasteiger partial charge >= 0.3 is 0 Å². The molecule has 0 spiro atoms. The van der Waals surface area contributed by atoms with E-state index in [4.69, 9.17) is 15.9 Å². The Balaban J connectivity index is 2.74. The average Bonchev–Trinajstić information content (AvgIpc) is 2.50. The lowest BCUT2D eigenvalue weighted by molar-refractivity contribution is -0.0729. The van der Waals surface area contributed by atoms with E-state index in [0.29, 0.717) is 19.4 Å². The fraction of sp³-hybridized carbons (Fsp3) is 0.375. The lowest BCUT2D eigenvalue weighted by Gasteiger charge is -2.12. The van der Waals surface area contributed by atoms with Gasteiger partial charge in [-0.25, -0.2) is 8.42 Å². The molecule has 1 atom stereocenters. The van der Waals surface area contributed by atoms with E-state index in [1.807, 2.05) is 6.92 Å². The highest BCUT2D eigenvalue weighted by Crippen LogP contribution is 2.13. The van der Waals surface area contributed by atoms with Crippen LogP contribution < -0.4 is 0 Å². The highest BCUT2D eigenvalue weighted by Gasteiger charge is 2.11. The van der Waals surface area contributed by atoms with Gasteiger partial charge in [-0.3, -0.25) is 0 Å². The molecule has 1 rings (SSSR count). The predicted molar refractivity (Wildman–Crippen MR) is 82.2 cm³/mol. The van der Waals surface area contributed by atoms with Gasteiger partial charge < -0.3 is 9.47 Å². The van der Waals surface area contributed by atoms with Crippen LogP contribution in [0.15, 0.2) is 46.7 Å². The van der Waals surface area contributed by atoms with E-state index in [-0.39, 0.29) is 17.8 Å². The Hall–Kier alpha value is -1.61. The van der Waals surface area contributed by atoms with Crippen molar-refractivity contribution in [3.05, 3.63) is 41.8 Å². The fourth-order valence-corrected chi connectivity index (χ4v) is 2.64. The molecule has 114 valence electrons. The standard InChI is InChI=1S/C16H20O4S/c1-3-5-9-15(20-14-19-4-2)12-13-21(17,18)16-10-7-6-8-11-16/h1,6-8,10-13,15H,4-5,9,14H2,2H3/b13-12+/t15-/m0/s1. The molecule has 4 nitrogen and oxygen atoms in total. The van der Waals surface area contributed by atoms with Gasteiger partial charge in [0.15, 0.2) is 9.84 Å². The normalized spacial score (nSPS) is 13.1. The molecule has 21 heavy (non-hydrogen) atoms. The first kappa shape index (κ1) is 17.4. The molecule has 0 N–H and O–H groups in total. The maximum atomic E-state index is 12.1. The van der Waals surface area contributed by atoms with Crippen molar-refractivity contribution in [2.45, 2.75) is 30.8 Å². The monoisotopic (exact) mass is 308 g/mol. The molecule has 0 saturated carbocycles. The van der Waals surface area contributed by atoms with Gasteiger partial charge in [0, 0.05) is 18.4 Å². The molecule has 0 heterocycles. The number of rotatable bonds is 9. The van der Waals surface area contributed by atoms with Gasteiger partial charge in [-0.15, -0.1) is 12.3 Å². The van der Waals surface area contributed by atoms with Crippen LogP contribution in [0.25, 0.3) is 0 Å². The minimum atomic E-state index is -3.46. The van der Waals surface area contributed by atoms with E-state index in [1.165, 1.54) is 6.08 Å². The number of ether oxygens (including phenoxy) is 2. The molecular formula is C16H20O4S. The van der Waals surface area contributed by atoms with Crippen molar-refractivity contribution in [1.29, 1.82) is 0 Å². The van der Waals surface area contributed by atoms with E-state index < -0.39 is 9.84 Å². The van der Waals surface area contributed by atoms with Crippen molar-refractivity contribution in [1.82, 2.24) is 0 Å². The van der Waals surface area contributed by atoms with Crippen molar-refractivity contribution >= 4 is 9.84 Å². The van der Waals surface area contributed by atoms with Crippen LogP contribution in [0.2, 0.25) is 0 Å². The molecule has 0 amide bonds. The minimum Gasteiger partial charge on any atom is -0.356 e. The van der Waals surface area contributed by atoms with Gasteiger partial charge in [-0.1, -0.05) is 18.2 Å². The molecule has 0 aliphatic rings. The summed E-state index contributed by atoms with van der Waals surface area (Å²) in [7, 11) is -3.46. The van der Waals surface area contributed by atoms with Crippen LogP contribution in [0.3, 0.4) is 0 Å². The number of sulfone groups is 1. The molecule has 0 radical (unpaired) electrons. The van der Waals surface area contributed by atoms with Crippen molar-refractivity contribution in [2.24, 2.45) is 0 Å². The third-order valence-electron chi connectivity index (χ3n) is 2.69. The summed E-state index contributed by atoms with van der Waals surface area (Å²) < 4.78 is 34.8. The minimum absolute atomic E-state index is 0.113. The van der Waals surface area contributed by atoms with Gasteiger partial charge in [0.25, 0.3) is 0 Å². The van der Waals surface area contributed by atoms with E-state index in [9.17, 15) is 8.42 Å². The molecule has 0 aromatic heterocycles. The van der Waals surface area contributed by atoms with Crippen molar-refractivity contribution in [3.63, 3.8) is 0 Å². The molecule has 0 saturated heterocycles. The topological polar surface area (TPSA) is 52.6 Å². The van der Waals surface area contributed by atoms with Crippen LogP contribution in [-0.2, 0) is 19.3 Å². The van der Waals surface area contributed by atoms with E-state index in [0.717, 1.165) is 5.41 Å². The molecule has 0 aliphatic heterocycles. The van der Waals surface area contributed by atoms with Gasteiger partial charge in [0.1, 0.15) is 6.79 Å². The molecule has 0 unspecified atom stereocenters. The zero-order chi connectivity index (χ0) is 15.6. The Labute approximate surface area is 126 Å². The van der Waals surface area contributed by atoms with Crippen LogP contribution in [0.4, 0.5) is 0 Å². The maximum absolute atomic E-state index is 12.1. The zero-order valence-corrected chi connectivity index (χ0v) is 12.9. The van der Waals surface area contributed by atoms with Gasteiger partial charge in [0.05, 0.1) is 11.0 Å². The first-order valence-corrected chi connectivity index (χ1v) is 8.26. The number of benzene rings is 1. The summed E-state index contributed by atoms with van der Waals surface area (Å²) in [5.41, 5.74) is 0. The van der Waals surface area contributed by atoms with Gasteiger partial charge in [-0.05, 0) is 31.6 Å². The van der Waals surface area contributed by atoms with Crippen molar-refractivity contribution in [3.8, 4) is 12.3 Å². The Morgan fingerprint density at radius 2 is 2.05 bits per heavy atom. The highest BCUT2D eigenvalue weighted by molar-refractivity contribution is 7.94. The summed E-state index contributed by atoms with van der Waals surface area (Å²) >= 11 is 0. The largest absolute Gasteiger partial charge is 0.356 e. The molecular weight excluding hydrogens is 288 g/mol. The molecule has 0 fully saturated rings. The summed E-state index contributed by atoms with van der Waals surface area (Å²) in [5, 5.41) is 1.16. The van der Waals surface area contributed by atoms with Crippen molar-refractivity contribution in [2.75, 3.05) is 13.4 Å². The third kappa shape index (κ3) is 6.58. The Kier molecular flexibility index (Phi) is 7.76. The lowest BCUT2D eigenvalue weighted by Crippen LogP contribution is -2.13. The molecule has 5 heteroatoms. The molecule has 1 aromatic carbocycles. The molecule has 0 bridgehead atoms. The third-order valence-corrected chi connectivity index (χ3v) is 4.13. The highest BCUT2D eigenvalue weighted by atomic mass is 32.2. The second-order valence-corrected chi connectivity index (χ2v) is 6.08. The van der Waals surface area contributed by atoms with Crippen LogP contribution in [0.1, 0.15) is 19.8 Å². The first-order valence-electron chi connectivity index (χ1n) is 6.71. The smallest absolute Gasteiger partial charge is 0.199 e. The van der Waals surface area contributed by atoms with E-state index in [1.54, 1.807) is 30.3 Å². The summed E-state index contributed by atoms with van der Waals surface area (Å²) in [6.45, 7) is 2.50. The van der Waals surface area contributed by atoms with Crippen LogP contribution >= 0.6 is 0 Å². The summed E-state index contributed by atoms with van der Waals surface area (Å²) in [4.78, 5) is 0.252. The number of hydrogen-bond donors (Lipinski definition) is 0. The summed E-state index contributed by atoms with van der Waals surface area (Å²) in [5.74, 6) is 2.51. The number of terminal acetylenes is 1. The predicted octanol–water partition coefficient (Wildman–Crippen LogP) is 2.77. The molecule has 1 aromatic rings. The molecule has 0 aliphatic carbocycles. The second-order valence-electron chi connectivity index (χ2n) is 4.25. The Bertz CT molecular complexity index is 570. The lowest BCUT2D eigenvalue weighted by atomic mass is 10.2. The summed E-state index contributed by atoms with van der Waals surface area (Å²) in [6.07, 6.45) is 7.41. The first-order chi connectivity index (χ1) is 10.1. The van der Waals surface area contributed by atoms with Crippen LogP contribution in [-0.4, -0.2) is 27.9 Å². The van der Waals surface area contributed by atoms with E-state index >= 15 is 0 Å². The van der Waals surface area contributed by atoms with Gasteiger partial charge in [0.2, 0.25) is 0 Å². The fourth-order valence-electron chi connectivity index (χ4n) is 1.56. The summed E-state index contributed by atoms with van der Waals surface area (Å²) in [6, 6.07) is 8.24. The maximum Gasteiger partial charge on any atom is 0.199 e. The van der Waals surface area contributed by atoms with Crippen LogP contribution in [0.5, 0.6) is 0 Å². The van der Waals surface area contributed by atoms with Gasteiger partial charge in [-0.2, -0.15) is 0 Å². The van der Waals surface area contributed by atoms with E-state index in [2.05, 4.69) is 5.92 Å². The van der Waals surface area contributed by atoms with Crippen molar-refractivity contribution < 1.29 is 17.9 Å². The quantitative estimate of drug-likeness (QED) is 0.400. The average molecular weight is 308 g/mol. The van der Waals surface area contributed by atoms with Crippen LogP contribution in [0, 0.1) is 12.3 Å². The Morgan fingerprint density at radius 1 is 1.33 bits per heavy atom. The second kappa shape index (κ2) is 9.35. The number of hydrogen-bond acceptors (Lipinski definition) is 4. The zero-order valence-electron chi connectivity index (χ0n) is 12.1. The Morgan fingerprint density at radius 3 is 2.67 bits per heavy atom.